The molecular formula is C14H16N4O3. The topological polar surface area (TPSA) is 96.3 Å². The monoisotopic (exact) mass is 288 g/mol. The van der Waals surface area contributed by atoms with Gasteiger partial charge in [0.1, 0.15) is 6.54 Å². The summed E-state index contributed by atoms with van der Waals surface area (Å²) in [4.78, 5) is 22.2. The van der Waals surface area contributed by atoms with Crippen LogP contribution in [0.5, 0.6) is 0 Å². The molecule has 1 aromatic carbocycles. The Labute approximate surface area is 121 Å². The molecule has 0 aliphatic heterocycles. The summed E-state index contributed by atoms with van der Waals surface area (Å²) in [6, 6.07) is 7.47. The van der Waals surface area contributed by atoms with Crippen molar-refractivity contribution < 1.29 is 14.7 Å². The van der Waals surface area contributed by atoms with E-state index in [4.69, 9.17) is 5.11 Å². The second-order valence-electron chi connectivity index (χ2n) is 4.61. The third-order valence-electron chi connectivity index (χ3n) is 2.76. The Hall–Kier alpha value is -2.83. The van der Waals surface area contributed by atoms with Crippen molar-refractivity contribution in [2.45, 2.75) is 20.0 Å². The van der Waals surface area contributed by atoms with E-state index in [1.165, 1.54) is 17.1 Å². The maximum Gasteiger partial charge on any atom is 0.325 e. The summed E-state index contributed by atoms with van der Waals surface area (Å²) in [6.07, 6.45) is 2.86. The van der Waals surface area contributed by atoms with E-state index in [1.807, 2.05) is 31.2 Å². The number of aryl methyl sites for hydroxylation is 1. The lowest BCUT2D eigenvalue weighted by Gasteiger charge is -2.06. The number of nitrogens with one attached hydrogen (secondary N) is 2. The number of benzene rings is 1. The third kappa shape index (κ3) is 4.64. The number of hydrogen-bond donors (Lipinski definition) is 3. The first-order valence-electron chi connectivity index (χ1n) is 6.37. The number of hydrogen-bond acceptors (Lipinski definition) is 3. The highest BCUT2D eigenvalue weighted by atomic mass is 16.4. The maximum absolute atomic E-state index is 11.7. The first-order chi connectivity index (χ1) is 10.0. The van der Waals surface area contributed by atoms with E-state index in [1.54, 1.807) is 0 Å². The third-order valence-corrected chi connectivity index (χ3v) is 2.76. The second-order valence-corrected chi connectivity index (χ2v) is 4.61. The normalized spacial score (nSPS) is 10.1. The lowest BCUT2D eigenvalue weighted by Crippen LogP contribution is -2.28. The van der Waals surface area contributed by atoms with E-state index in [2.05, 4.69) is 15.7 Å². The molecule has 2 rings (SSSR count). The van der Waals surface area contributed by atoms with Crippen LogP contribution in [0.2, 0.25) is 0 Å². The molecule has 0 atom stereocenters. The van der Waals surface area contributed by atoms with E-state index in [0.717, 1.165) is 11.1 Å². The van der Waals surface area contributed by atoms with Crippen LogP contribution in [0.25, 0.3) is 0 Å². The zero-order chi connectivity index (χ0) is 15.2. The quantitative estimate of drug-likeness (QED) is 0.778. The van der Waals surface area contributed by atoms with Gasteiger partial charge in [-0.05, 0) is 12.5 Å². The number of nitrogens with zero attached hydrogens (tertiary/aromatic N) is 2. The van der Waals surface area contributed by atoms with Gasteiger partial charge in [0.25, 0.3) is 0 Å². The van der Waals surface area contributed by atoms with Crippen molar-refractivity contribution in [2.75, 3.05) is 5.32 Å². The van der Waals surface area contributed by atoms with Crippen LogP contribution in [0.15, 0.2) is 36.7 Å². The van der Waals surface area contributed by atoms with Crippen LogP contribution >= 0.6 is 0 Å². The molecule has 0 bridgehead atoms. The number of rotatable bonds is 5. The summed E-state index contributed by atoms with van der Waals surface area (Å²) in [7, 11) is 0. The zero-order valence-electron chi connectivity index (χ0n) is 11.5. The molecule has 0 saturated heterocycles. The molecule has 7 nitrogen and oxygen atoms in total. The van der Waals surface area contributed by atoms with Gasteiger partial charge in [-0.2, -0.15) is 5.10 Å². The lowest BCUT2D eigenvalue weighted by atomic mass is 10.1. The van der Waals surface area contributed by atoms with Crippen molar-refractivity contribution in [3.05, 3.63) is 47.8 Å². The van der Waals surface area contributed by atoms with Crippen molar-refractivity contribution in [2.24, 2.45) is 0 Å². The predicted octanol–water partition coefficient (Wildman–Crippen LogP) is 1.60. The SMILES string of the molecule is Cc1ccc(CNC(=O)Nc2cnn(CC(=O)O)c2)cc1. The van der Waals surface area contributed by atoms with Gasteiger partial charge in [0.15, 0.2) is 0 Å². The van der Waals surface area contributed by atoms with Gasteiger partial charge in [-0.25, -0.2) is 4.79 Å². The number of carbonyl (C=O) groups is 2. The smallest absolute Gasteiger partial charge is 0.325 e. The first-order valence-corrected chi connectivity index (χ1v) is 6.37. The van der Waals surface area contributed by atoms with Crippen LogP contribution in [0.3, 0.4) is 0 Å². The van der Waals surface area contributed by atoms with E-state index < -0.39 is 5.97 Å². The second kappa shape index (κ2) is 6.56. The molecule has 0 aliphatic rings. The molecule has 1 heterocycles. The van der Waals surface area contributed by atoms with Crippen molar-refractivity contribution in [1.29, 1.82) is 0 Å². The van der Waals surface area contributed by atoms with Gasteiger partial charge in [-0.1, -0.05) is 29.8 Å². The number of aromatic nitrogens is 2. The van der Waals surface area contributed by atoms with E-state index in [9.17, 15) is 9.59 Å². The van der Waals surface area contributed by atoms with Gasteiger partial charge in [-0.3, -0.25) is 9.48 Å². The Morgan fingerprint density at radius 1 is 1.29 bits per heavy atom. The number of anilines is 1. The van der Waals surface area contributed by atoms with Crippen molar-refractivity contribution >= 4 is 17.7 Å². The molecular weight excluding hydrogens is 272 g/mol. The highest BCUT2D eigenvalue weighted by molar-refractivity contribution is 5.88. The molecule has 110 valence electrons. The van der Waals surface area contributed by atoms with Crippen molar-refractivity contribution in [1.82, 2.24) is 15.1 Å². The van der Waals surface area contributed by atoms with Gasteiger partial charge in [0.2, 0.25) is 0 Å². The molecule has 7 heteroatoms. The van der Waals surface area contributed by atoms with Gasteiger partial charge in [-0.15, -0.1) is 0 Å². The Bertz CT molecular complexity index is 634. The highest BCUT2D eigenvalue weighted by Crippen LogP contribution is 2.05. The summed E-state index contributed by atoms with van der Waals surface area (Å²) >= 11 is 0. The largest absolute Gasteiger partial charge is 0.480 e. The molecule has 0 spiro atoms. The molecule has 3 N–H and O–H groups in total. The van der Waals surface area contributed by atoms with E-state index in [0.29, 0.717) is 12.2 Å². The molecule has 0 unspecified atom stereocenters. The van der Waals surface area contributed by atoms with Crippen molar-refractivity contribution in [3.63, 3.8) is 0 Å². The Kier molecular flexibility index (Phi) is 4.55. The molecule has 0 radical (unpaired) electrons. The molecule has 1 aromatic heterocycles. The fourth-order valence-electron chi connectivity index (χ4n) is 1.72. The highest BCUT2D eigenvalue weighted by Gasteiger charge is 2.06. The fourth-order valence-corrected chi connectivity index (χ4v) is 1.72. The van der Waals surface area contributed by atoms with Gasteiger partial charge >= 0.3 is 12.0 Å². The summed E-state index contributed by atoms with van der Waals surface area (Å²) in [5.74, 6) is -0.992. The Morgan fingerprint density at radius 3 is 2.67 bits per heavy atom. The van der Waals surface area contributed by atoms with Crippen LogP contribution in [0.1, 0.15) is 11.1 Å². The fraction of sp³-hybridized carbons (Fsp3) is 0.214. The predicted molar refractivity (Wildman–Crippen MR) is 76.9 cm³/mol. The Morgan fingerprint density at radius 2 is 2.00 bits per heavy atom. The minimum atomic E-state index is -0.992. The summed E-state index contributed by atoms with van der Waals surface area (Å²) in [5.41, 5.74) is 2.60. The minimum Gasteiger partial charge on any atom is -0.480 e. The number of amides is 2. The molecule has 0 fully saturated rings. The zero-order valence-corrected chi connectivity index (χ0v) is 11.5. The first kappa shape index (κ1) is 14.6. The summed E-state index contributed by atoms with van der Waals surface area (Å²) in [5, 5.41) is 17.8. The summed E-state index contributed by atoms with van der Waals surface area (Å²) < 4.78 is 1.23. The molecule has 2 aromatic rings. The van der Waals surface area contributed by atoms with Crippen LogP contribution < -0.4 is 10.6 Å². The van der Waals surface area contributed by atoms with Crippen LogP contribution in [0.4, 0.5) is 10.5 Å². The number of carboxylic acid groups (broad SMARTS) is 1. The number of carboxylic acids is 1. The molecule has 0 saturated carbocycles. The molecule has 2 amide bonds. The van der Waals surface area contributed by atoms with Crippen LogP contribution in [-0.2, 0) is 17.9 Å². The lowest BCUT2D eigenvalue weighted by molar-refractivity contribution is -0.137. The van der Waals surface area contributed by atoms with Crippen LogP contribution in [0, 0.1) is 6.92 Å². The van der Waals surface area contributed by atoms with Crippen LogP contribution in [-0.4, -0.2) is 26.9 Å². The molecule has 21 heavy (non-hydrogen) atoms. The number of aliphatic carboxylic acids is 1. The standard InChI is InChI=1S/C14H16N4O3/c1-10-2-4-11(5-3-10)6-15-14(21)17-12-7-16-18(8-12)9-13(19)20/h2-5,7-8H,6,9H2,1H3,(H,19,20)(H2,15,17,21). The van der Waals surface area contributed by atoms with Gasteiger partial charge in [0.05, 0.1) is 11.9 Å². The molecule has 0 aliphatic carbocycles. The van der Waals surface area contributed by atoms with Crippen molar-refractivity contribution in [3.8, 4) is 0 Å². The van der Waals surface area contributed by atoms with Gasteiger partial charge < -0.3 is 15.7 Å². The Balaban J connectivity index is 1.82. The maximum atomic E-state index is 11.7. The number of urea groups is 1. The minimum absolute atomic E-state index is 0.243. The van der Waals surface area contributed by atoms with Gasteiger partial charge in [0, 0.05) is 12.7 Å². The summed E-state index contributed by atoms with van der Waals surface area (Å²) in [6.45, 7) is 2.17. The average Bonchev–Trinajstić information content (AvgIpc) is 2.84. The number of carbonyl (C=O) groups excluding carboxylic acids is 1. The average molecular weight is 288 g/mol. The van der Waals surface area contributed by atoms with E-state index >= 15 is 0 Å². The van der Waals surface area contributed by atoms with E-state index in [-0.39, 0.29) is 12.6 Å².